The van der Waals surface area contributed by atoms with E-state index in [9.17, 15) is 13.6 Å². The Morgan fingerprint density at radius 3 is 2.52 bits per heavy atom. The molecule has 3 aromatic carbocycles. The Morgan fingerprint density at radius 2 is 1.74 bits per heavy atom. The van der Waals surface area contributed by atoms with Crippen LogP contribution in [0.15, 0.2) is 59.5 Å². The first-order valence-electron chi connectivity index (χ1n) is 6.88. The van der Waals surface area contributed by atoms with Crippen LogP contribution < -0.4 is 0 Å². The fraction of sp³-hybridized carbons (Fsp3) is 0.0556. The molecule has 116 valence electrons. The van der Waals surface area contributed by atoms with Gasteiger partial charge in [-0.1, -0.05) is 36.4 Å². The molecule has 0 unspecified atom stereocenters. The number of aromatic carboxylic acids is 1. The lowest BCUT2D eigenvalue weighted by Gasteiger charge is -2.10. The van der Waals surface area contributed by atoms with Gasteiger partial charge in [-0.05, 0) is 29.0 Å². The minimum absolute atomic E-state index is 0.0409. The lowest BCUT2D eigenvalue weighted by atomic mass is 10.1. The standard InChI is InChI=1S/C18H12F2O2S/c19-15-9-8-13(18(21)22)14(17(15)20)10-23-16-7-3-5-11-4-1-2-6-12(11)16/h1-9H,10H2,(H,21,22). The van der Waals surface area contributed by atoms with Gasteiger partial charge in [0.1, 0.15) is 0 Å². The van der Waals surface area contributed by atoms with Gasteiger partial charge in [0.15, 0.2) is 11.6 Å². The summed E-state index contributed by atoms with van der Waals surface area (Å²) < 4.78 is 27.4. The van der Waals surface area contributed by atoms with Crippen molar-refractivity contribution >= 4 is 28.5 Å². The van der Waals surface area contributed by atoms with Crippen molar-refractivity contribution in [2.75, 3.05) is 0 Å². The fourth-order valence-electron chi connectivity index (χ4n) is 2.41. The summed E-state index contributed by atoms with van der Waals surface area (Å²) in [6.07, 6.45) is 0. The average molecular weight is 330 g/mol. The number of carboxylic acids is 1. The van der Waals surface area contributed by atoms with Gasteiger partial charge in [-0.25, -0.2) is 13.6 Å². The van der Waals surface area contributed by atoms with E-state index in [1.165, 1.54) is 11.8 Å². The van der Waals surface area contributed by atoms with Crippen molar-refractivity contribution in [3.8, 4) is 0 Å². The zero-order valence-electron chi connectivity index (χ0n) is 11.9. The van der Waals surface area contributed by atoms with Gasteiger partial charge >= 0.3 is 5.97 Å². The quantitative estimate of drug-likeness (QED) is 0.676. The first kappa shape index (κ1) is 15.5. The van der Waals surface area contributed by atoms with Crippen LogP contribution in [0.1, 0.15) is 15.9 Å². The molecule has 0 saturated carbocycles. The fourth-order valence-corrected chi connectivity index (χ4v) is 3.50. The molecule has 0 spiro atoms. The van der Waals surface area contributed by atoms with Crippen LogP contribution in [0, 0.1) is 11.6 Å². The maximum absolute atomic E-state index is 14.0. The summed E-state index contributed by atoms with van der Waals surface area (Å²) in [5, 5.41) is 11.2. The maximum atomic E-state index is 14.0. The third kappa shape index (κ3) is 3.05. The zero-order valence-corrected chi connectivity index (χ0v) is 12.7. The molecule has 2 nitrogen and oxygen atoms in total. The van der Waals surface area contributed by atoms with E-state index in [0.717, 1.165) is 27.8 Å². The van der Waals surface area contributed by atoms with Gasteiger partial charge in [-0.2, -0.15) is 0 Å². The predicted molar refractivity (Wildman–Crippen MR) is 86.8 cm³/mol. The third-order valence-electron chi connectivity index (χ3n) is 3.55. The van der Waals surface area contributed by atoms with Crippen LogP contribution in [0.5, 0.6) is 0 Å². The van der Waals surface area contributed by atoms with E-state index in [4.69, 9.17) is 5.11 Å². The lowest BCUT2D eigenvalue weighted by molar-refractivity contribution is 0.0695. The molecule has 0 saturated heterocycles. The molecule has 0 aromatic heterocycles. The van der Waals surface area contributed by atoms with E-state index in [2.05, 4.69) is 0 Å². The monoisotopic (exact) mass is 330 g/mol. The first-order chi connectivity index (χ1) is 11.1. The van der Waals surface area contributed by atoms with Gasteiger partial charge in [0, 0.05) is 16.2 Å². The van der Waals surface area contributed by atoms with Crippen LogP contribution in [0.4, 0.5) is 8.78 Å². The van der Waals surface area contributed by atoms with Crippen molar-refractivity contribution in [1.29, 1.82) is 0 Å². The molecular weight excluding hydrogens is 318 g/mol. The Morgan fingerprint density at radius 1 is 1.00 bits per heavy atom. The minimum atomic E-state index is -1.27. The molecular formula is C18H12F2O2S. The van der Waals surface area contributed by atoms with Crippen LogP contribution in [0.25, 0.3) is 10.8 Å². The van der Waals surface area contributed by atoms with Gasteiger partial charge in [0.2, 0.25) is 0 Å². The second kappa shape index (κ2) is 6.38. The Hall–Kier alpha value is -2.40. The topological polar surface area (TPSA) is 37.3 Å². The third-order valence-corrected chi connectivity index (χ3v) is 4.65. The molecule has 0 heterocycles. The summed E-state index contributed by atoms with van der Waals surface area (Å²) in [5.74, 6) is -3.36. The van der Waals surface area contributed by atoms with E-state index in [-0.39, 0.29) is 16.9 Å². The van der Waals surface area contributed by atoms with Crippen LogP contribution in [0.2, 0.25) is 0 Å². The molecule has 0 atom stereocenters. The summed E-state index contributed by atoms with van der Waals surface area (Å²) in [5.41, 5.74) is -0.341. The number of hydrogen-bond acceptors (Lipinski definition) is 2. The van der Waals surface area contributed by atoms with Crippen LogP contribution >= 0.6 is 11.8 Å². The number of carboxylic acid groups (broad SMARTS) is 1. The number of fused-ring (bicyclic) bond motifs is 1. The SMILES string of the molecule is O=C(O)c1ccc(F)c(F)c1CSc1cccc2ccccc12. The Bertz CT molecular complexity index is 888. The van der Waals surface area contributed by atoms with Gasteiger partial charge in [-0.15, -0.1) is 11.8 Å². The number of carbonyl (C=O) groups is 1. The number of benzene rings is 3. The van der Waals surface area contributed by atoms with Crippen molar-refractivity contribution in [3.05, 3.63) is 77.4 Å². The molecule has 0 fully saturated rings. The largest absolute Gasteiger partial charge is 0.478 e. The molecule has 0 amide bonds. The highest BCUT2D eigenvalue weighted by molar-refractivity contribution is 7.98. The number of rotatable bonds is 4. The molecule has 3 rings (SSSR count). The zero-order chi connectivity index (χ0) is 16.4. The van der Waals surface area contributed by atoms with Crippen LogP contribution in [-0.2, 0) is 5.75 Å². The van der Waals surface area contributed by atoms with Crippen LogP contribution in [0.3, 0.4) is 0 Å². The normalized spacial score (nSPS) is 10.9. The van der Waals surface area contributed by atoms with E-state index >= 15 is 0 Å². The van der Waals surface area contributed by atoms with Crippen LogP contribution in [-0.4, -0.2) is 11.1 Å². The number of halogens is 2. The Kier molecular flexibility index (Phi) is 4.30. The molecule has 0 bridgehead atoms. The van der Waals surface area contributed by atoms with E-state index in [1.54, 1.807) is 0 Å². The molecule has 23 heavy (non-hydrogen) atoms. The molecule has 5 heteroatoms. The molecule has 1 N–H and O–H groups in total. The summed E-state index contributed by atoms with van der Waals surface area (Å²) >= 11 is 1.29. The molecule has 0 radical (unpaired) electrons. The van der Waals surface area contributed by atoms with Crippen molar-refractivity contribution in [3.63, 3.8) is 0 Å². The summed E-state index contributed by atoms with van der Waals surface area (Å²) in [6, 6.07) is 15.4. The van der Waals surface area contributed by atoms with Gasteiger partial charge in [0.25, 0.3) is 0 Å². The summed E-state index contributed by atoms with van der Waals surface area (Å²) in [6.45, 7) is 0. The highest BCUT2D eigenvalue weighted by Crippen LogP contribution is 2.32. The van der Waals surface area contributed by atoms with Crippen molar-refractivity contribution in [2.45, 2.75) is 10.6 Å². The number of hydrogen-bond donors (Lipinski definition) is 1. The highest BCUT2D eigenvalue weighted by atomic mass is 32.2. The van der Waals surface area contributed by atoms with E-state index < -0.39 is 17.6 Å². The smallest absolute Gasteiger partial charge is 0.336 e. The molecule has 0 aliphatic rings. The van der Waals surface area contributed by atoms with Crippen molar-refractivity contribution in [2.24, 2.45) is 0 Å². The number of thioether (sulfide) groups is 1. The lowest BCUT2D eigenvalue weighted by Crippen LogP contribution is -2.06. The predicted octanol–water partition coefficient (Wildman–Crippen LogP) is 5.11. The van der Waals surface area contributed by atoms with Crippen molar-refractivity contribution in [1.82, 2.24) is 0 Å². The first-order valence-corrected chi connectivity index (χ1v) is 7.87. The summed E-state index contributed by atoms with van der Waals surface area (Å²) in [4.78, 5) is 12.1. The van der Waals surface area contributed by atoms with E-state index in [0.29, 0.717) is 0 Å². The van der Waals surface area contributed by atoms with Gasteiger partial charge in [0.05, 0.1) is 5.56 Å². The molecule has 0 aliphatic carbocycles. The van der Waals surface area contributed by atoms with Gasteiger partial charge < -0.3 is 5.11 Å². The highest BCUT2D eigenvalue weighted by Gasteiger charge is 2.18. The molecule has 3 aromatic rings. The second-order valence-corrected chi connectivity index (χ2v) is 5.98. The maximum Gasteiger partial charge on any atom is 0.336 e. The Labute approximate surface area is 135 Å². The summed E-state index contributed by atoms with van der Waals surface area (Å²) in [7, 11) is 0. The average Bonchev–Trinajstić information content (AvgIpc) is 2.56. The molecule has 0 aliphatic heterocycles. The Balaban J connectivity index is 1.97. The van der Waals surface area contributed by atoms with E-state index in [1.807, 2.05) is 42.5 Å². The van der Waals surface area contributed by atoms with Crippen molar-refractivity contribution < 1.29 is 18.7 Å². The minimum Gasteiger partial charge on any atom is -0.478 e. The van der Waals surface area contributed by atoms with Gasteiger partial charge in [-0.3, -0.25) is 0 Å². The second-order valence-electron chi connectivity index (χ2n) is 4.96.